The molecule has 0 saturated carbocycles. The van der Waals surface area contributed by atoms with Gasteiger partial charge in [-0.2, -0.15) is 0 Å². The molecule has 1 N–H and O–H groups in total. The number of halogens is 2. The number of aryl methyl sites for hydroxylation is 1. The van der Waals surface area contributed by atoms with Gasteiger partial charge in [0, 0.05) is 33.1 Å². The molecular weight excluding hydrogens is 357 g/mol. The Morgan fingerprint density at radius 1 is 1.12 bits per heavy atom. The van der Waals surface area contributed by atoms with E-state index in [1.54, 1.807) is 18.3 Å². The summed E-state index contributed by atoms with van der Waals surface area (Å²) in [5, 5.41) is 4.36. The third-order valence-electron chi connectivity index (χ3n) is 3.53. The summed E-state index contributed by atoms with van der Waals surface area (Å²) in [7, 11) is 0. The van der Waals surface area contributed by atoms with E-state index < -0.39 is 0 Å². The molecule has 0 atom stereocenters. The van der Waals surface area contributed by atoms with Crippen molar-refractivity contribution in [1.82, 2.24) is 9.97 Å². The minimum Gasteiger partial charge on any atom is -0.490 e. The van der Waals surface area contributed by atoms with Gasteiger partial charge in [-0.05, 0) is 44.2 Å². The van der Waals surface area contributed by atoms with E-state index in [0.29, 0.717) is 34.0 Å². The second kappa shape index (κ2) is 7.72. The van der Waals surface area contributed by atoms with Gasteiger partial charge in [-0.25, -0.2) is 9.97 Å². The van der Waals surface area contributed by atoms with Crippen molar-refractivity contribution in [3.63, 3.8) is 0 Å². The molecule has 25 heavy (non-hydrogen) atoms. The molecule has 1 aromatic carbocycles. The largest absolute Gasteiger partial charge is 0.490 e. The summed E-state index contributed by atoms with van der Waals surface area (Å²) in [6.45, 7) is 4.39. The van der Waals surface area contributed by atoms with Crippen LogP contribution in [0.25, 0.3) is 11.1 Å². The first-order chi connectivity index (χ1) is 12.1. The lowest BCUT2D eigenvalue weighted by Gasteiger charge is -2.13. The quantitative estimate of drug-likeness (QED) is 0.604. The van der Waals surface area contributed by atoms with Crippen molar-refractivity contribution < 1.29 is 4.74 Å². The Morgan fingerprint density at radius 3 is 2.68 bits per heavy atom. The summed E-state index contributed by atoms with van der Waals surface area (Å²) < 4.78 is 5.74. The van der Waals surface area contributed by atoms with E-state index in [-0.39, 0.29) is 0 Å². The van der Waals surface area contributed by atoms with Crippen LogP contribution in [0, 0.1) is 6.92 Å². The van der Waals surface area contributed by atoms with Crippen molar-refractivity contribution in [3.8, 4) is 16.9 Å². The predicted molar refractivity (Wildman–Crippen MR) is 103 cm³/mol. The molecule has 0 aliphatic heterocycles. The summed E-state index contributed by atoms with van der Waals surface area (Å²) in [6.07, 6.45) is 1.75. The normalized spacial score (nSPS) is 10.6. The van der Waals surface area contributed by atoms with Gasteiger partial charge in [-0.1, -0.05) is 35.3 Å². The number of rotatable bonds is 5. The van der Waals surface area contributed by atoms with E-state index in [1.807, 2.05) is 44.2 Å². The maximum atomic E-state index is 6.30. The smallest absolute Gasteiger partial charge is 0.174 e. The summed E-state index contributed by atoms with van der Waals surface area (Å²) in [6, 6.07) is 13.0. The summed E-state index contributed by atoms with van der Waals surface area (Å²) >= 11 is 12.3. The Bertz CT molecular complexity index is 900. The molecule has 128 valence electrons. The van der Waals surface area contributed by atoms with E-state index in [9.17, 15) is 0 Å². The molecule has 2 aromatic heterocycles. The Balaban J connectivity index is 1.97. The zero-order chi connectivity index (χ0) is 17.8. The van der Waals surface area contributed by atoms with Crippen LogP contribution in [0.3, 0.4) is 0 Å². The number of nitrogens with zero attached hydrogens (tertiary/aromatic N) is 2. The van der Waals surface area contributed by atoms with Gasteiger partial charge in [0.05, 0.1) is 6.61 Å². The van der Waals surface area contributed by atoms with Crippen LogP contribution in [-0.2, 0) is 0 Å². The monoisotopic (exact) mass is 373 g/mol. The maximum Gasteiger partial charge on any atom is 0.174 e. The van der Waals surface area contributed by atoms with Gasteiger partial charge in [0.2, 0.25) is 0 Å². The molecule has 0 aliphatic rings. The molecule has 3 aromatic rings. The number of anilines is 2. The fourth-order valence-electron chi connectivity index (χ4n) is 2.41. The van der Waals surface area contributed by atoms with E-state index in [0.717, 1.165) is 16.8 Å². The van der Waals surface area contributed by atoms with Crippen LogP contribution >= 0.6 is 23.2 Å². The van der Waals surface area contributed by atoms with E-state index in [1.165, 1.54) is 0 Å². The van der Waals surface area contributed by atoms with Crippen molar-refractivity contribution in [2.24, 2.45) is 0 Å². The Morgan fingerprint density at radius 2 is 1.96 bits per heavy atom. The fraction of sp³-hybridized carbons (Fsp3) is 0.158. The van der Waals surface area contributed by atoms with Gasteiger partial charge >= 0.3 is 0 Å². The summed E-state index contributed by atoms with van der Waals surface area (Å²) in [4.78, 5) is 8.93. The van der Waals surface area contributed by atoms with Crippen LogP contribution < -0.4 is 10.1 Å². The van der Waals surface area contributed by atoms with Gasteiger partial charge in [-0.3, -0.25) is 0 Å². The first-order valence-electron chi connectivity index (χ1n) is 7.85. The predicted octanol–water partition coefficient (Wildman–Crippen LogP) is 5.90. The highest BCUT2D eigenvalue weighted by atomic mass is 35.5. The molecule has 0 aliphatic carbocycles. The molecule has 0 bridgehead atoms. The van der Waals surface area contributed by atoms with Crippen LogP contribution in [0.1, 0.15) is 12.6 Å². The van der Waals surface area contributed by atoms with Crippen LogP contribution in [0.5, 0.6) is 5.75 Å². The topological polar surface area (TPSA) is 47.0 Å². The molecule has 6 heteroatoms. The molecule has 0 unspecified atom stereocenters. The Kier molecular flexibility index (Phi) is 5.41. The number of ether oxygens (including phenoxy) is 1. The van der Waals surface area contributed by atoms with Crippen molar-refractivity contribution in [1.29, 1.82) is 0 Å². The minimum absolute atomic E-state index is 0.523. The summed E-state index contributed by atoms with van der Waals surface area (Å²) in [5.41, 5.74) is 2.63. The fourth-order valence-corrected chi connectivity index (χ4v) is 2.93. The lowest BCUT2D eigenvalue weighted by molar-refractivity contribution is 0.341. The Hall–Kier alpha value is -2.30. The third kappa shape index (κ3) is 4.21. The molecule has 3 rings (SSSR count). The van der Waals surface area contributed by atoms with Gasteiger partial charge < -0.3 is 10.1 Å². The molecule has 0 amide bonds. The average molecular weight is 374 g/mol. The van der Waals surface area contributed by atoms with Crippen LogP contribution in [0.2, 0.25) is 10.0 Å². The molecule has 0 fully saturated rings. The van der Waals surface area contributed by atoms with Crippen LogP contribution in [-0.4, -0.2) is 16.6 Å². The first kappa shape index (κ1) is 17.5. The number of aromatic nitrogens is 2. The van der Waals surface area contributed by atoms with Crippen molar-refractivity contribution in [2.45, 2.75) is 13.8 Å². The maximum absolute atomic E-state index is 6.30. The number of benzene rings is 1. The number of hydrogen-bond acceptors (Lipinski definition) is 4. The highest BCUT2D eigenvalue weighted by molar-refractivity contribution is 6.36. The van der Waals surface area contributed by atoms with Crippen molar-refractivity contribution >= 4 is 34.8 Å². The van der Waals surface area contributed by atoms with Gasteiger partial charge in [0.25, 0.3) is 0 Å². The summed E-state index contributed by atoms with van der Waals surface area (Å²) in [5.74, 6) is 1.95. The number of pyridine rings is 2. The van der Waals surface area contributed by atoms with E-state index in [4.69, 9.17) is 27.9 Å². The second-order valence-electron chi connectivity index (χ2n) is 5.42. The third-order valence-corrected chi connectivity index (χ3v) is 4.08. The molecule has 2 heterocycles. The van der Waals surface area contributed by atoms with Gasteiger partial charge in [0.1, 0.15) is 5.82 Å². The zero-order valence-corrected chi connectivity index (χ0v) is 15.4. The van der Waals surface area contributed by atoms with E-state index in [2.05, 4.69) is 15.3 Å². The highest BCUT2D eigenvalue weighted by Crippen LogP contribution is 2.34. The zero-order valence-electron chi connectivity index (χ0n) is 13.9. The number of nitrogens with one attached hydrogen (secondary N) is 1. The number of hydrogen-bond donors (Lipinski definition) is 1. The second-order valence-corrected chi connectivity index (χ2v) is 6.26. The molecule has 0 saturated heterocycles. The SMILES string of the molecule is CCOc1cc(-c2ccc(Cl)cc2Cl)cnc1Nc1cccc(C)n1. The van der Waals surface area contributed by atoms with Crippen molar-refractivity contribution in [2.75, 3.05) is 11.9 Å². The minimum atomic E-state index is 0.523. The van der Waals surface area contributed by atoms with Crippen LogP contribution in [0.4, 0.5) is 11.6 Å². The van der Waals surface area contributed by atoms with Crippen LogP contribution in [0.15, 0.2) is 48.7 Å². The molecular formula is C19H17Cl2N3O. The molecule has 4 nitrogen and oxygen atoms in total. The molecule has 0 spiro atoms. The van der Waals surface area contributed by atoms with Crippen molar-refractivity contribution in [3.05, 3.63) is 64.4 Å². The lowest BCUT2D eigenvalue weighted by atomic mass is 10.1. The Labute approximate surface area is 156 Å². The lowest BCUT2D eigenvalue weighted by Crippen LogP contribution is -2.02. The average Bonchev–Trinajstić information content (AvgIpc) is 2.57. The van der Waals surface area contributed by atoms with Gasteiger partial charge in [0.15, 0.2) is 11.6 Å². The first-order valence-corrected chi connectivity index (χ1v) is 8.61. The highest BCUT2D eigenvalue weighted by Gasteiger charge is 2.11. The van der Waals surface area contributed by atoms with Gasteiger partial charge in [-0.15, -0.1) is 0 Å². The standard InChI is InChI=1S/C19H17Cl2N3O/c1-3-25-17-9-13(15-8-7-14(20)10-16(15)21)11-22-19(17)24-18-6-4-5-12(2)23-18/h4-11H,3H2,1-2H3,(H,22,23,24). The van der Waals surface area contributed by atoms with E-state index >= 15 is 0 Å². The molecule has 0 radical (unpaired) electrons.